The van der Waals surface area contributed by atoms with Gasteiger partial charge < -0.3 is 5.32 Å². The van der Waals surface area contributed by atoms with Crippen molar-refractivity contribution in [2.75, 3.05) is 5.32 Å². The lowest BCUT2D eigenvalue weighted by molar-refractivity contribution is -0.387. The van der Waals surface area contributed by atoms with Gasteiger partial charge in [0.2, 0.25) is 0 Å². The number of nitro benzene ring substituents is 1. The number of carbonyl (C=O) groups excluding carboxylic acids is 1. The molecule has 0 amide bonds. The van der Waals surface area contributed by atoms with E-state index in [1.165, 1.54) is 17.8 Å². The molecule has 1 saturated carbocycles. The minimum Gasteiger partial charge on any atom is -0.377 e. The number of nitro groups is 1. The minimum atomic E-state index is -0.351. The van der Waals surface area contributed by atoms with Crippen LogP contribution in [0.25, 0.3) is 0 Å². The number of anilines is 1. The van der Waals surface area contributed by atoms with E-state index in [4.69, 9.17) is 23.2 Å². The molecule has 2 aliphatic rings. The van der Waals surface area contributed by atoms with Crippen LogP contribution in [0.4, 0.5) is 11.4 Å². The number of thioether (sulfide) groups is 1. The summed E-state index contributed by atoms with van der Waals surface area (Å²) in [6, 6.07) is 27.6. The Morgan fingerprint density at radius 2 is 1.70 bits per heavy atom. The Kier molecular flexibility index (Phi) is 7.66. The van der Waals surface area contributed by atoms with Gasteiger partial charge in [0, 0.05) is 43.5 Å². The number of hydrogen-bond acceptors (Lipinski definition) is 5. The van der Waals surface area contributed by atoms with Crippen LogP contribution in [0, 0.1) is 16.0 Å². The number of rotatable bonds is 6. The predicted molar refractivity (Wildman–Crippen MR) is 165 cm³/mol. The van der Waals surface area contributed by atoms with Gasteiger partial charge in [-0.3, -0.25) is 14.9 Å². The normalized spacial score (nSPS) is 23.1. The van der Waals surface area contributed by atoms with E-state index in [-0.39, 0.29) is 44.9 Å². The Bertz CT molecular complexity index is 1600. The third kappa shape index (κ3) is 5.05. The topological polar surface area (TPSA) is 72.2 Å². The number of halogens is 3. The van der Waals surface area contributed by atoms with E-state index in [2.05, 4.69) is 33.4 Å². The second-order valence-electron chi connectivity index (χ2n) is 10.0. The predicted octanol–water partition coefficient (Wildman–Crippen LogP) is 9.28. The molecule has 1 heterocycles. The van der Waals surface area contributed by atoms with E-state index < -0.39 is 0 Å². The van der Waals surface area contributed by atoms with Gasteiger partial charge in [0.05, 0.1) is 21.2 Å². The molecule has 5 nitrogen and oxygen atoms in total. The van der Waals surface area contributed by atoms with Crippen molar-refractivity contribution >= 4 is 68.1 Å². The summed E-state index contributed by atoms with van der Waals surface area (Å²) in [5.41, 5.74) is 3.90. The van der Waals surface area contributed by atoms with Gasteiger partial charge in [0.25, 0.3) is 5.69 Å². The smallest absolute Gasteiger partial charge is 0.282 e. The van der Waals surface area contributed by atoms with Crippen molar-refractivity contribution in [2.45, 2.75) is 33.9 Å². The first-order valence-corrected chi connectivity index (χ1v) is 15.3. The summed E-state index contributed by atoms with van der Waals surface area (Å²) in [7, 11) is 0. The highest BCUT2D eigenvalue weighted by atomic mass is 79.9. The average Bonchev–Trinajstić information content (AvgIpc) is 3.29. The molecule has 40 heavy (non-hydrogen) atoms. The Morgan fingerprint density at radius 1 is 1.00 bits per heavy atom. The first kappa shape index (κ1) is 27.3. The maximum atomic E-state index is 13.7. The summed E-state index contributed by atoms with van der Waals surface area (Å²) < 4.78 is 0.974. The Balaban J connectivity index is 1.46. The lowest BCUT2D eigenvalue weighted by Gasteiger charge is -2.39. The third-order valence-corrected chi connectivity index (χ3v) is 10.6. The number of hydrogen-bond donors (Lipinski definition) is 1. The third-order valence-electron chi connectivity index (χ3n) is 7.73. The number of fused-ring (bicyclic) bond motifs is 3. The molecular formula is C31H23BrCl2N2O3S. The molecule has 0 spiro atoms. The molecule has 5 atom stereocenters. The van der Waals surface area contributed by atoms with Gasteiger partial charge in [0.1, 0.15) is 0 Å². The van der Waals surface area contributed by atoms with Crippen LogP contribution in [-0.2, 0) is 0 Å². The summed E-state index contributed by atoms with van der Waals surface area (Å²) in [6.07, 6.45) is 0.733. The Hall–Kier alpha value is -2.84. The van der Waals surface area contributed by atoms with Crippen LogP contribution >= 0.6 is 50.9 Å². The summed E-state index contributed by atoms with van der Waals surface area (Å²) >= 11 is 18.9. The zero-order chi connectivity index (χ0) is 28.0. The van der Waals surface area contributed by atoms with E-state index in [1.807, 2.05) is 42.5 Å². The van der Waals surface area contributed by atoms with E-state index >= 15 is 0 Å². The molecule has 6 rings (SSSR count). The van der Waals surface area contributed by atoms with E-state index in [0.29, 0.717) is 21.0 Å². The zero-order valence-corrected chi connectivity index (χ0v) is 24.9. The van der Waals surface area contributed by atoms with Gasteiger partial charge in [0.15, 0.2) is 5.78 Å². The summed E-state index contributed by atoms with van der Waals surface area (Å²) in [4.78, 5) is 25.7. The van der Waals surface area contributed by atoms with Crippen LogP contribution in [0.15, 0.2) is 100 Å². The molecule has 0 bridgehead atoms. The molecular weight excluding hydrogens is 631 g/mol. The number of alkyl halides is 1. The maximum absolute atomic E-state index is 13.7. The largest absolute Gasteiger partial charge is 0.377 e. The van der Waals surface area contributed by atoms with Crippen molar-refractivity contribution in [3.63, 3.8) is 0 Å². The highest BCUT2D eigenvalue weighted by molar-refractivity contribution is 9.10. The number of carbonyl (C=O) groups is 1. The summed E-state index contributed by atoms with van der Waals surface area (Å²) in [6.45, 7) is 0. The van der Waals surface area contributed by atoms with Crippen molar-refractivity contribution in [2.24, 2.45) is 5.92 Å². The van der Waals surface area contributed by atoms with Crippen molar-refractivity contribution in [1.82, 2.24) is 0 Å². The van der Waals surface area contributed by atoms with Crippen molar-refractivity contribution < 1.29 is 9.72 Å². The first-order valence-electron chi connectivity index (χ1n) is 12.8. The molecule has 1 fully saturated rings. The molecule has 4 aromatic carbocycles. The average molecular weight is 654 g/mol. The van der Waals surface area contributed by atoms with Gasteiger partial charge in [-0.05, 0) is 53.8 Å². The lowest BCUT2D eigenvalue weighted by Crippen LogP contribution is -2.32. The fourth-order valence-electron chi connectivity index (χ4n) is 5.98. The highest BCUT2D eigenvalue weighted by Gasteiger charge is 2.51. The summed E-state index contributed by atoms with van der Waals surface area (Å²) in [5.74, 6) is -0.155. The second-order valence-corrected chi connectivity index (χ2v) is 13.2. The van der Waals surface area contributed by atoms with Gasteiger partial charge in [-0.2, -0.15) is 0 Å². The molecule has 202 valence electrons. The standard InChI is InChI=1S/C31H23BrCl2N2O3S/c32-19-12-10-17(11-13-19)29-22-16-26(40-25-9-5-4-8-24(25)36(38)39)28(34)27(22)21-14-20(33)15-23(30(21)35-29)31(37)18-6-2-1-3-7-18/h1-15,22,26-29,35H,16H2/t22-,26-,27-,28-,29+/m1/s1. The number of benzene rings is 4. The van der Waals surface area contributed by atoms with Crippen molar-refractivity contribution in [1.29, 1.82) is 0 Å². The van der Waals surface area contributed by atoms with Crippen LogP contribution in [0.2, 0.25) is 5.02 Å². The number of nitrogens with zero attached hydrogens (tertiary/aromatic N) is 1. The molecule has 0 aromatic heterocycles. The highest BCUT2D eigenvalue weighted by Crippen LogP contribution is 2.59. The molecule has 1 aliphatic heterocycles. The quantitative estimate of drug-likeness (QED) is 0.0972. The second kappa shape index (κ2) is 11.2. The van der Waals surface area contributed by atoms with Gasteiger partial charge in [-0.1, -0.05) is 82.1 Å². The molecule has 0 radical (unpaired) electrons. The van der Waals surface area contributed by atoms with Crippen molar-refractivity contribution in [3.8, 4) is 0 Å². The van der Waals surface area contributed by atoms with Gasteiger partial charge >= 0.3 is 0 Å². The van der Waals surface area contributed by atoms with Crippen LogP contribution in [0.3, 0.4) is 0 Å². The zero-order valence-electron chi connectivity index (χ0n) is 21.0. The molecule has 9 heteroatoms. The fourth-order valence-corrected chi connectivity index (χ4v) is 8.42. The Morgan fingerprint density at radius 3 is 2.42 bits per heavy atom. The number of ketones is 1. The SMILES string of the molecule is O=C(c1ccccc1)c1cc(Cl)cc2c1N[C@@H](c1ccc(Br)cc1)[C@@H]1C[C@@H](Sc3ccccc3[N+](=O)[O-])[C@@H](Cl)[C@H]21. The monoisotopic (exact) mass is 652 g/mol. The van der Waals surface area contributed by atoms with E-state index in [0.717, 1.165) is 27.7 Å². The molecule has 0 unspecified atom stereocenters. The van der Waals surface area contributed by atoms with Crippen LogP contribution in [-0.4, -0.2) is 21.3 Å². The van der Waals surface area contributed by atoms with Crippen LogP contribution in [0.5, 0.6) is 0 Å². The van der Waals surface area contributed by atoms with Crippen LogP contribution < -0.4 is 5.32 Å². The molecule has 0 saturated heterocycles. The molecule has 1 N–H and O–H groups in total. The fraction of sp³-hybridized carbons (Fsp3) is 0.194. The number of nitrogens with one attached hydrogen (secondary N) is 1. The lowest BCUT2D eigenvalue weighted by atomic mass is 9.76. The van der Waals surface area contributed by atoms with Gasteiger partial charge in [-0.25, -0.2) is 0 Å². The summed E-state index contributed by atoms with van der Waals surface area (Å²) in [5, 5.41) is 15.5. The first-order chi connectivity index (χ1) is 19.3. The van der Waals surface area contributed by atoms with E-state index in [1.54, 1.807) is 30.3 Å². The van der Waals surface area contributed by atoms with E-state index in [9.17, 15) is 14.9 Å². The molecule has 1 aliphatic carbocycles. The minimum absolute atomic E-state index is 0.0769. The van der Waals surface area contributed by atoms with Crippen molar-refractivity contribution in [3.05, 3.63) is 133 Å². The number of para-hydroxylation sites is 1. The maximum Gasteiger partial charge on any atom is 0.282 e. The Labute approximate surface area is 254 Å². The molecule has 4 aromatic rings. The van der Waals surface area contributed by atoms with Crippen LogP contribution in [0.1, 0.15) is 45.4 Å². The van der Waals surface area contributed by atoms with Gasteiger partial charge in [-0.15, -0.1) is 23.4 Å².